The van der Waals surface area contributed by atoms with E-state index < -0.39 is 5.97 Å². The number of aromatic nitrogens is 1. The van der Waals surface area contributed by atoms with Gasteiger partial charge in [0.15, 0.2) is 0 Å². The number of benzene rings is 1. The highest BCUT2D eigenvalue weighted by atomic mass is 16.4. The van der Waals surface area contributed by atoms with Gasteiger partial charge in [-0.1, -0.05) is 12.1 Å². The molecule has 2 aromatic rings. The van der Waals surface area contributed by atoms with Crippen LogP contribution >= 0.6 is 0 Å². The van der Waals surface area contributed by atoms with E-state index in [1.54, 1.807) is 43.3 Å². The fourth-order valence-corrected chi connectivity index (χ4v) is 2.19. The summed E-state index contributed by atoms with van der Waals surface area (Å²) in [6.45, 7) is 1.76. The molecular weight excluding hydrogens is 348 g/mol. The highest BCUT2D eigenvalue weighted by Gasteiger charge is 2.06. The van der Waals surface area contributed by atoms with Crippen molar-refractivity contribution < 1.29 is 19.5 Å². The Morgan fingerprint density at radius 3 is 2.30 bits per heavy atom. The standard InChI is InChI=1S/C19H20N4O4/c1-13(22-23-19(27)15-9-11-20-12-10-15)14-5-7-16(8-6-14)21-17(24)3-2-4-18(25)26/h5-12H,2-4H2,1H3,(H,21,24)(H,23,27)(H,25,26)/b22-13+. The number of carbonyl (C=O) groups excluding carboxylic acids is 2. The van der Waals surface area contributed by atoms with E-state index in [0.717, 1.165) is 5.56 Å². The van der Waals surface area contributed by atoms with E-state index in [1.165, 1.54) is 12.4 Å². The van der Waals surface area contributed by atoms with Crippen molar-refractivity contribution in [3.8, 4) is 0 Å². The fraction of sp³-hybridized carbons (Fsp3) is 0.211. The summed E-state index contributed by atoms with van der Waals surface area (Å²) in [5.41, 5.74) is 4.94. The summed E-state index contributed by atoms with van der Waals surface area (Å²) in [6.07, 6.45) is 3.46. The lowest BCUT2D eigenvalue weighted by molar-refractivity contribution is -0.137. The monoisotopic (exact) mass is 368 g/mol. The minimum Gasteiger partial charge on any atom is -0.481 e. The molecule has 0 aliphatic carbocycles. The molecule has 0 aliphatic rings. The molecule has 0 fully saturated rings. The Hall–Kier alpha value is -3.55. The number of nitrogens with one attached hydrogen (secondary N) is 2. The van der Waals surface area contributed by atoms with Crippen molar-refractivity contribution in [2.75, 3.05) is 5.32 Å². The number of hydrogen-bond acceptors (Lipinski definition) is 5. The second-order valence-corrected chi connectivity index (χ2v) is 5.75. The second-order valence-electron chi connectivity index (χ2n) is 5.75. The molecule has 8 heteroatoms. The van der Waals surface area contributed by atoms with Gasteiger partial charge in [0.05, 0.1) is 5.71 Å². The van der Waals surface area contributed by atoms with Crippen molar-refractivity contribution in [1.29, 1.82) is 0 Å². The van der Waals surface area contributed by atoms with Gasteiger partial charge < -0.3 is 10.4 Å². The number of nitrogens with zero attached hydrogens (tertiary/aromatic N) is 2. The number of carboxylic acid groups (broad SMARTS) is 1. The molecule has 1 aromatic carbocycles. The van der Waals surface area contributed by atoms with Gasteiger partial charge in [0.1, 0.15) is 0 Å². The molecule has 0 saturated carbocycles. The topological polar surface area (TPSA) is 121 Å². The third-order valence-corrected chi connectivity index (χ3v) is 3.65. The molecule has 0 bridgehead atoms. The molecule has 8 nitrogen and oxygen atoms in total. The quantitative estimate of drug-likeness (QED) is 0.488. The largest absolute Gasteiger partial charge is 0.481 e. The maximum atomic E-state index is 12.0. The summed E-state index contributed by atoms with van der Waals surface area (Å²) in [6, 6.07) is 10.2. The molecule has 0 saturated heterocycles. The lowest BCUT2D eigenvalue weighted by atomic mass is 10.1. The van der Waals surface area contributed by atoms with E-state index in [9.17, 15) is 14.4 Å². The van der Waals surface area contributed by atoms with Gasteiger partial charge in [-0.05, 0) is 43.2 Å². The number of amides is 2. The molecule has 2 amide bonds. The second kappa shape index (κ2) is 9.81. The Labute approximate surface area is 156 Å². The normalized spacial score (nSPS) is 10.9. The lowest BCUT2D eigenvalue weighted by Crippen LogP contribution is -2.19. The summed E-state index contributed by atoms with van der Waals surface area (Å²) >= 11 is 0. The molecule has 0 unspecified atom stereocenters. The summed E-state index contributed by atoms with van der Waals surface area (Å²) in [5.74, 6) is -1.49. The smallest absolute Gasteiger partial charge is 0.303 e. The molecule has 0 atom stereocenters. The van der Waals surface area contributed by atoms with E-state index in [-0.39, 0.29) is 24.7 Å². The number of hydrogen-bond donors (Lipinski definition) is 3. The Morgan fingerprint density at radius 2 is 1.67 bits per heavy atom. The first-order chi connectivity index (χ1) is 13.0. The van der Waals surface area contributed by atoms with Crippen LogP contribution in [0.15, 0.2) is 53.9 Å². The number of carboxylic acids is 1. The first kappa shape index (κ1) is 19.8. The van der Waals surface area contributed by atoms with Gasteiger partial charge in [-0.2, -0.15) is 5.10 Å². The number of rotatable bonds is 8. The van der Waals surface area contributed by atoms with Crippen LogP contribution in [0, 0.1) is 0 Å². The molecule has 2 rings (SSSR count). The molecule has 1 aromatic heterocycles. The third-order valence-electron chi connectivity index (χ3n) is 3.65. The first-order valence-electron chi connectivity index (χ1n) is 8.32. The highest BCUT2D eigenvalue weighted by Crippen LogP contribution is 2.11. The van der Waals surface area contributed by atoms with E-state index in [2.05, 4.69) is 20.8 Å². The van der Waals surface area contributed by atoms with Gasteiger partial charge in [0.2, 0.25) is 5.91 Å². The zero-order valence-corrected chi connectivity index (χ0v) is 14.8. The SMILES string of the molecule is C/C(=N\NC(=O)c1ccncc1)c1ccc(NC(=O)CCCC(=O)O)cc1. The number of aliphatic carboxylic acids is 1. The zero-order chi connectivity index (χ0) is 19.6. The van der Waals surface area contributed by atoms with Gasteiger partial charge >= 0.3 is 5.97 Å². The summed E-state index contributed by atoms with van der Waals surface area (Å²) in [7, 11) is 0. The Morgan fingerprint density at radius 1 is 1.00 bits per heavy atom. The number of anilines is 1. The molecule has 0 aliphatic heterocycles. The Balaban J connectivity index is 1.89. The molecule has 1 heterocycles. The number of pyridine rings is 1. The molecule has 3 N–H and O–H groups in total. The minimum absolute atomic E-state index is 0.0345. The Kier molecular flexibility index (Phi) is 7.18. The summed E-state index contributed by atoms with van der Waals surface area (Å²) < 4.78 is 0. The van der Waals surface area contributed by atoms with Crippen molar-refractivity contribution in [3.05, 3.63) is 59.9 Å². The van der Waals surface area contributed by atoms with Crippen molar-refractivity contribution >= 4 is 29.2 Å². The van der Waals surface area contributed by atoms with Crippen LogP contribution in [0.3, 0.4) is 0 Å². The molecule has 0 radical (unpaired) electrons. The zero-order valence-electron chi connectivity index (χ0n) is 14.8. The van der Waals surface area contributed by atoms with E-state index >= 15 is 0 Å². The Bertz CT molecular complexity index is 833. The van der Waals surface area contributed by atoms with E-state index in [4.69, 9.17) is 5.11 Å². The van der Waals surface area contributed by atoms with E-state index in [1.807, 2.05) is 0 Å². The third kappa shape index (κ3) is 6.69. The van der Waals surface area contributed by atoms with Crippen LogP contribution in [-0.4, -0.2) is 33.6 Å². The van der Waals surface area contributed by atoms with Gasteiger partial charge in [-0.15, -0.1) is 0 Å². The average Bonchev–Trinajstić information content (AvgIpc) is 2.66. The van der Waals surface area contributed by atoms with Crippen LogP contribution in [0.2, 0.25) is 0 Å². The summed E-state index contributed by atoms with van der Waals surface area (Å²) in [4.78, 5) is 38.0. The maximum absolute atomic E-state index is 12.0. The van der Waals surface area contributed by atoms with Gasteiger partial charge in [-0.3, -0.25) is 19.4 Å². The van der Waals surface area contributed by atoms with Crippen LogP contribution in [0.1, 0.15) is 42.1 Å². The minimum atomic E-state index is -0.919. The molecular formula is C19H20N4O4. The van der Waals surface area contributed by atoms with E-state index in [0.29, 0.717) is 23.4 Å². The molecule has 140 valence electrons. The first-order valence-corrected chi connectivity index (χ1v) is 8.32. The highest BCUT2D eigenvalue weighted by molar-refractivity contribution is 6.01. The summed E-state index contributed by atoms with van der Waals surface area (Å²) in [5, 5.41) is 15.3. The van der Waals surface area contributed by atoms with Crippen LogP contribution < -0.4 is 10.7 Å². The van der Waals surface area contributed by atoms with Crippen molar-refractivity contribution in [2.24, 2.45) is 5.10 Å². The van der Waals surface area contributed by atoms with Crippen LogP contribution in [-0.2, 0) is 9.59 Å². The fourth-order valence-electron chi connectivity index (χ4n) is 2.19. The van der Waals surface area contributed by atoms with Gasteiger partial charge in [0.25, 0.3) is 5.91 Å². The lowest BCUT2D eigenvalue weighted by Gasteiger charge is -2.07. The van der Waals surface area contributed by atoms with Crippen molar-refractivity contribution in [3.63, 3.8) is 0 Å². The van der Waals surface area contributed by atoms with Crippen LogP contribution in [0.4, 0.5) is 5.69 Å². The van der Waals surface area contributed by atoms with Crippen LogP contribution in [0.25, 0.3) is 0 Å². The number of carbonyl (C=O) groups is 3. The average molecular weight is 368 g/mol. The van der Waals surface area contributed by atoms with Crippen LogP contribution in [0.5, 0.6) is 0 Å². The number of hydrazone groups is 1. The van der Waals surface area contributed by atoms with Gasteiger partial charge in [-0.25, -0.2) is 5.43 Å². The maximum Gasteiger partial charge on any atom is 0.303 e. The van der Waals surface area contributed by atoms with Gasteiger partial charge in [0, 0.05) is 36.5 Å². The molecule has 27 heavy (non-hydrogen) atoms. The molecule has 0 spiro atoms. The van der Waals surface area contributed by atoms with Crippen molar-refractivity contribution in [2.45, 2.75) is 26.2 Å². The predicted octanol–water partition coefficient (Wildman–Crippen LogP) is 2.43. The predicted molar refractivity (Wildman–Crippen MR) is 100 cm³/mol. The van der Waals surface area contributed by atoms with Crippen molar-refractivity contribution in [1.82, 2.24) is 10.4 Å².